The van der Waals surface area contributed by atoms with Gasteiger partial charge < -0.3 is 20.7 Å². The topological polar surface area (TPSA) is 79.5 Å². The second-order valence-electron chi connectivity index (χ2n) is 5.12. The molecule has 0 saturated heterocycles. The summed E-state index contributed by atoms with van der Waals surface area (Å²) in [6, 6.07) is 5.74. The molecular formula is C15H21N3O3. The highest BCUT2D eigenvalue weighted by molar-refractivity contribution is 5.93. The predicted octanol–water partition coefficient (Wildman–Crippen LogP) is 1.73. The van der Waals surface area contributed by atoms with E-state index in [0.29, 0.717) is 36.1 Å². The van der Waals surface area contributed by atoms with E-state index in [2.05, 4.69) is 16.0 Å². The maximum Gasteiger partial charge on any atom is 0.225 e. The molecule has 0 atom stereocenters. The molecule has 0 spiro atoms. The van der Waals surface area contributed by atoms with Crippen molar-refractivity contribution in [1.29, 1.82) is 0 Å². The summed E-state index contributed by atoms with van der Waals surface area (Å²) in [5, 5.41) is 8.79. The van der Waals surface area contributed by atoms with Gasteiger partial charge in [0.1, 0.15) is 5.75 Å². The molecule has 1 saturated carbocycles. The summed E-state index contributed by atoms with van der Waals surface area (Å²) in [6.07, 6.45) is 2.86. The molecule has 1 aromatic rings. The fraction of sp³-hybridized carbons (Fsp3) is 0.467. The monoisotopic (exact) mass is 291 g/mol. The van der Waals surface area contributed by atoms with Crippen LogP contribution < -0.4 is 20.7 Å². The third kappa shape index (κ3) is 5.07. The molecule has 21 heavy (non-hydrogen) atoms. The van der Waals surface area contributed by atoms with E-state index >= 15 is 0 Å². The highest BCUT2D eigenvalue weighted by Crippen LogP contribution is 2.28. The third-order valence-electron chi connectivity index (χ3n) is 3.16. The van der Waals surface area contributed by atoms with Crippen LogP contribution in [0.1, 0.15) is 26.2 Å². The minimum Gasteiger partial charge on any atom is -0.494 e. The van der Waals surface area contributed by atoms with Gasteiger partial charge in [-0.15, -0.1) is 0 Å². The van der Waals surface area contributed by atoms with Crippen LogP contribution >= 0.6 is 0 Å². The number of methoxy groups -OCH3 is 1. The normalized spacial score (nSPS) is 13.6. The van der Waals surface area contributed by atoms with Crippen LogP contribution in [0, 0.1) is 0 Å². The van der Waals surface area contributed by atoms with Gasteiger partial charge in [0.2, 0.25) is 11.8 Å². The summed E-state index contributed by atoms with van der Waals surface area (Å²) in [5.74, 6) is 0.299. The lowest BCUT2D eigenvalue weighted by molar-refractivity contribution is -0.116. The van der Waals surface area contributed by atoms with E-state index in [0.717, 1.165) is 0 Å². The van der Waals surface area contributed by atoms with Crippen molar-refractivity contribution in [3.8, 4) is 5.75 Å². The predicted molar refractivity (Wildman–Crippen MR) is 81.6 cm³/mol. The van der Waals surface area contributed by atoms with Gasteiger partial charge in [-0.1, -0.05) is 0 Å². The van der Waals surface area contributed by atoms with Crippen molar-refractivity contribution in [2.75, 3.05) is 24.3 Å². The van der Waals surface area contributed by atoms with Crippen molar-refractivity contribution in [1.82, 2.24) is 5.32 Å². The first-order chi connectivity index (χ1) is 10.1. The molecule has 3 N–H and O–H groups in total. The van der Waals surface area contributed by atoms with Crippen LogP contribution in [-0.2, 0) is 9.59 Å². The Morgan fingerprint density at radius 2 is 2.05 bits per heavy atom. The standard InChI is InChI=1S/C15H21N3O3/c1-10(19)17-13-6-5-12(9-14(13)21-2)18-15(20)7-8-16-11-3-4-11/h5-6,9,11,16H,3-4,7-8H2,1-2H3,(H,17,19)(H,18,20). The lowest BCUT2D eigenvalue weighted by Gasteiger charge is -2.12. The second-order valence-corrected chi connectivity index (χ2v) is 5.12. The summed E-state index contributed by atoms with van der Waals surface area (Å²) in [6.45, 7) is 2.12. The first-order valence-electron chi connectivity index (χ1n) is 7.07. The molecule has 1 fully saturated rings. The van der Waals surface area contributed by atoms with Crippen molar-refractivity contribution in [3.63, 3.8) is 0 Å². The Kier molecular flexibility index (Phi) is 5.16. The molecular weight excluding hydrogens is 270 g/mol. The summed E-state index contributed by atoms with van der Waals surface area (Å²) in [4.78, 5) is 22.9. The molecule has 0 heterocycles. The SMILES string of the molecule is COc1cc(NC(=O)CCNC2CC2)ccc1NC(C)=O. The molecule has 0 unspecified atom stereocenters. The number of carbonyl (C=O) groups is 2. The van der Waals surface area contributed by atoms with E-state index in [1.165, 1.54) is 26.9 Å². The Morgan fingerprint density at radius 3 is 2.67 bits per heavy atom. The minimum atomic E-state index is -0.170. The number of hydrogen-bond acceptors (Lipinski definition) is 4. The lowest BCUT2D eigenvalue weighted by atomic mass is 10.2. The quantitative estimate of drug-likeness (QED) is 0.715. The lowest BCUT2D eigenvalue weighted by Crippen LogP contribution is -2.23. The summed E-state index contributed by atoms with van der Waals surface area (Å²) in [5.41, 5.74) is 1.23. The largest absolute Gasteiger partial charge is 0.494 e. The van der Waals surface area contributed by atoms with Crippen LogP contribution in [0.4, 0.5) is 11.4 Å². The van der Waals surface area contributed by atoms with Crippen LogP contribution in [0.15, 0.2) is 18.2 Å². The number of hydrogen-bond donors (Lipinski definition) is 3. The van der Waals surface area contributed by atoms with E-state index in [-0.39, 0.29) is 11.8 Å². The molecule has 0 aliphatic heterocycles. The number of nitrogens with one attached hydrogen (secondary N) is 3. The molecule has 114 valence electrons. The Balaban J connectivity index is 1.89. The number of benzene rings is 1. The number of rotatable bonds is 7. The Morgan fingerprint density at radius 1 is 1.29 bits per heavy atom. The van der Waals surface area contributed by atoms with Gasteiger partial charge in [-0.05, 0) is 25.0 Å². The minimum absolute atomic E-state index is 0.0440. The highest BCUT2D eigenvalue weighted by Gasteiger charge is 2.20. The molecule has 0 aromatic heterocycles. The van der Waals surface area contributed by atoms with E-state index in [9.17, 15) is 9.59 Å². The molecule has 1 aliphatic carbocycles. The molecule has 0 bridgehead atoms. The van der Waals surface area contributed by atoms with Crippen LogP contribution in [0.5, 0.6) is 5.75 Å². The van der Waals surface area contributed by atoms with Gasteiger partial charge in [-0.2, -0.15) is 0 Å². The zero-order chi connectivity index (χ0) is 15.2. The molecule has 6 heteroatoms. The smallest absolute Gasteiger partial charge is 0.225 e. The molecule has 6 nitrogen and oxygen atoms in total. The number of amides is 2. The van der Waals surface area contributed by atoms with Gasteiger partial charge in [-0.25, -0.2) is 0 Å². The third-order valence-corrected chi connectivity index (χ3v) is 3.16. The Hall–Kier alpha value is -2.08. The van der Waals surface area contributed by atoms with Crippen LogP contribution in [0.3, 0.4) is 0 Å². The van der Waals surface area contributed by atoms with Crippen LogP contribution in [0.25, 0.3) is 0 Å². The van der Waals surface area contributed by atoms with Crippen LogP contribution in [-0.4, -0.2) is 31.5 Å². The molecule has 1 aromatic carbocycles. The first-order valence-corrected chi connectivity index (χ1v) is 7.07. The Bertz CT molecular complexity index is 527. The number of ether oxygens (including phenoxy) is 1. The average Bonchev–Trinajstić information content (AvgIpc) is 3.24. The van der Waals surface area contributed by atoms with E-state index in [4.69, 9.17) is 4.74 Å². The molecule has 0 radical (unpaired) electrons. The van der Waals surface area contributed by atoms with Gasteiger partial charge in [0.25, 0.3) is 0 Å². The zero-order valence-corrected chi connectivity index (χ0v) is 12.4. The van der Waals surface area contributed by atoms with Gasteiger partial charge in [-0.3, -0.25) is 9.59 Å². The fourth-order valence-corrected chi connectivity index (χ4v) is 1.96. The van der Waals surface area contributed by atoms with Crippen molar-refractivity contribution < 1.29 is 14.3 Å². The van der Waals surface area contributed by atoms with Crippen molar-refractivity contribution >= 4 is 23.2 Å². The van der Waals surface area contributed by atoms with Crippen molar-refractivity contribution in [3.05, 3.63) is 18.2 Å². The van der Waals surface area contributed by atoms with Crippen molar-refractivity contribution in [2.45, 2.75) is 32.2 Å². The molecule has 2 amide bonds. The van der Waals surface area contributed by atoms with Gasteiger partial charge in [0.15, 0.2) is 0 Å². The zero-order valence-electron chi connectivity index (χ0n) is 12.4. The maximum absolute atomic E-state index is 11.8. The summed E-state index contributed by atoms with van der Waals surface area (Å²) < 4.78 is 5.21. The summed E-state index contributed by atoms with van der Waals surface area (Å²) >= 11 is 0. The van der Waals surface area contributed by atoms with Gasteiger partial charge in [0.05, 0.1) is 12.8 Å². The van der Waals surface area contributed by atoms with E-state index in [1.807, 2.05) is 0 Å². The summed E-state index contributed by atoms with van der Waals surface area (Å²) in [7, 11) is 1.52. The molecule has 2 rings (SSSR count). The molecule has 1 aliphatic rings. The average molecular weight is 291 g/mol. The van der Waals surface area contributed by atoms with Gasteiger partial charge in [0, 0.05) is 37.7 Å². The second kappa shape index (κ2) is 7.08. The number of carbonyl (C=O) groups excluding carboxylic acids is 2. The van der Waals surface area contributed by atoms with Crippen LogP contribution in [0.2, 0.25) is 0 Å². The van der Waals surface area contributed by atoms with E-state index < -0.39 is 0 Å². The fourth-order valence-electron chi connectivity index (χ4n) is 1.96. The van der Waals surface area contributed by atoms with Gasteiger partial charge >= 0.3 is 0 Å². The first kappa shape index (κ1) is 15.3. The highest BCUT2D eigenvalue weighted by atomic mass is 16.5. The Labute approximate surface area is 124 Å². The van der Waals surface area contributed by atoms with Crippen molar-refractivity contribution in [2.24, 2.45) is 0 Å². The van der Waals surface area contributed by atoms with E-state index in [1.54, 1.807) is 18.2 Å². The maximum atomic E-state index is 11.8. The number of anilines is 2.